The van der Waals surface area contributed by atoms with Crippen LogP contribution in [-0.4, -0.2) is 39.2 Å². The van der Waals surface area contributed by atoms with Crippen LogP contribution in [0.5, 0.6) is 0 Å². The highest BCUT2D eigenvalue weighted by Crippen LogP contribution is 2.27. The summed E-state index contributed by atoms with van der Waals surface area (Å²) in [5.41, 5.74) is 5.67. The molecule has 7 nitrogen and oxygen atoms in total. The zero-order valence-corrected chi connectivity index (χ0v) is 11.7. The summed E-state index contributed by atoms with van der Waals surface area (Å²) in [5.74, 6) is -0.943. The lowest BCUT2D eigenvalue weighted by Crippen LogP contribution is -2.16. The number of hydrogen-bond acceptors (Lipinski definition) is 6. The van der Waals surface area contributed by atoms with Crippen molar-refractivity contribution in [2.75, 3.05) is 18.1 Å². The van der Waals surface area contributed by atoms with Gasteiger partial charge in [0.1, 0.15) is 23.0 Å². The van der Waals surface area contributed by atoms with Crippen LogP contribution >= 0.6 is 11.8 Å². The first-order chi connectivity index (χ1) is 9.01. The van der Waals surface area contributed by atoms with E-state index in [4.69, 9.17) is 15.6 Å². The van der Waals surface area contributed by atoms with Gasteiger partial charge < -0.3 is 15.6 Å². The molecule has 1 rings (SSSR count). The molecule has 0 saturated carbocycles. The van der Waals surface area contributed by atoms with Crippen LogP contribution in [0.1, 0.15) is 30.6 Å². The number of aromatic nitrogens is 2. The Hall–Kier alpha value is -1.70. The summed E-state index contributed by atoms with van der Waals surface area (Å²) < 4.78 is 5.95. The van der Waals surface area contributed by atoms with Gasteiger partial charge >= 0.3 is 11.9 Å². The lowest BCUT2D eigenvalue weighted by atomic mass is 10.3. The molecule has 0 atom stereocenters. The van der Waals surface area contributed by atoms with E-state index in [1.165, 1.54) is 16.4 Å². The minimum Gasteiger partial charge on any atom is -0.477 e. The average molecular weight is 287 g/mol. The first-order valence-corrected chi connectivity index (χ1v) is 6.87. The van der Waals surface area contributed by atoms with Crippen molar-refractivity contribution in [2.45, 2.75) is 31.8 Å². The number of nitrogen functional groups attached to an aromatic ring is 1. The second-order valence-corrected chi connectivity index (χ2v) is 4.77. The summed E-state index contributed by atoms with van der Waals surface area (Å²) in [4.78, 5) is 22.5. The van der Waals surface area contributed by atoms with E-state index in [1.807, 2.05) is 6.92 Å². The normalized spacial score (nSPS) is 10.4. The van der Waals surface area contributed by atoms with Crippen LogP contribution in [0.15, 0.2) is 5.03 Å². The SMILES string of the molecule is CCCSc1nn(CC(=O)OCC)c(N)c1C(=O)O. The molecule has 0 radical (unpaired) electrons. The number of nitrogens with zero attached hydrogens (tertiary/aromatic N) is 2. The van der Waals surface area contributed by atoms with Crippen LogP contribution in [0.2, 0.25) is 0 Å². The predicted molar refractivity (Wildman–Crippen MR) is 71.2 cm³/mol. The molecule has 0 unspecified atom stereocenters. The summed E-state index contributed by atoms with van der Waals surface area (Å²) in [6.45, 7) is 3.73. The second-order valence-electron chi connectivity index (χ2n) is 3.68. The number of carboxylic acids is 1. The second kappa shape index (κ2) is 7.03. The number of carbonyl (C=O) groups is 2. The predicted octanol–water partition coefficient (Wildman–Crippen LogP) is 1.23. The Morgan fingerprint density at radius 3 is 2.68 bits per heavy atom. The molecule has 8 heteroatoms. The standard InChI is InChI=1S/C11H17N3O4S/c1-3-5-19-10-8(11(16)17)9(12)14(13-10)6-7(15)18-4-2/h3-6,12H2,1-2H3,(H,16,17). The Balaban J connectivity index is 2.99. The van der Waals surface area contributed by atoms with Crippen molar-refractivity contribution in [3.8, 4) is 0 Å². The lowest BCUT2D eigenvalue weighted by molar-refractivity contribution is -0.144. The zero-order valence-electron chi connectivity index (χ0n) is 10.9. The molecule has 106 valence electrons. The number of aromatic carboxylic acids is 1. The molecule has 0 fully saturated rings. The van der Waals surface area contributed by atoms with Gasteiger partial charge in [-0.25, -0.2) is 9.48 Å². The van der Waals surface area contributed by atoms with Gasteiger partial charge in [-0.2, -0.15) is 5.10 Å². The van der Waals surface area contributed by atoms with E-state index in [0.717, 1.165) is 12.2 Å². The molecule has 1 aromatic rings. The van der Waals surface area contributed by atoms with E-state index in [2.05, 4.69) is 5.10 Å². The van der Waals surface area contributed by atoms with Gasteiger partial charge in [0.05, 0.1) is 6.61 Å². The number of ether oxygens (including phenoxy) is 1. The Morgan fingerprint density at radius 1 is 1.47 bits per heavy atom. The molecule has 0 aliphatic rings. The highest BCUT2D eigenvalue weighted by molar-refractivity contribution is 7.99. The topological polar surface area (TPSA) is 107 Å². The quantitative estimate of drug-likeness (QED) is 0.573. The number of nitrogens with two attached hydrogens (primary N) is 1. The maximum absolute atomic E-state index is 11.4. The summed E-state index contributed by atoms with van der Waals surface area (Å²) in [7, 11) is 0. The fourth-order valence-corrected chi connectivity index (χ4v) is 2.29. The van der Waals surface area contributed by atoms with Crippen LogP contribution in [0.25, 0.3) is 0 Å². The van der Waals surface area contributed by atoms with E-state index in [9.17, 15) is 9.59 Å². The minimum atomic E-state index is -1.15. The van der Waals surface area contributed by atoms with Gasteiger partial charge in [-0.1, -0.05) is 6.92 Å². The molecule has 3 N–H and O–H groups in total. The van der Waals surface area contributed by atoms with Gasteiger partial charge in [0.25, 0.3) is 0 Å². The molecule has 0 bridgehead atoms. The van der Waals surface area contributed by atoms with Gasteiger partial charge in [0, 0.05) is 0 Å². The maximum Gasteiger partial charge on any atom is 0.342 e. The van der Waals surface area contributed by atoms with Crippen molar-refractivity contribution in [1.82, 2.24) is 9.78 Å². The van der Waals surface area contributed by atoms with E-state index < -0.39 is 11.9 Å². The Labute approximate surface area is 115 Å². The van der Waals surface area contributed by atoms with Gasteiger partial charge in [-0.15, -0.1) is 11.8 Å². The van der Waals surface area contributed by atoms with E-state index in [1.54, 1.807) is 6.92 Å². The first kappa shape index (κ1) is 15.4. The van der Waals surface area contributed by atoms with Crippen molar-refractivity contribution in [3.63, 3.8) is 0 Å². The molecule has 19 heavy (non-hydrogen) atoms. The number of anilines is 1. The number of rotatable bonds is 7. The average Bonchev–Trinajstić information content (AvgIpc) is 2.64. The maximum atomic E-state index is 11.4. The minimum absolute atomic E-state index is 0.0286. The molecule has 1 aromatic heterocycles. The van der Waals surface area contributed by atoms with Crippen LogP contribution in [0.3, 0.4) is 0 Å². The lowest BCUT2D eigenvalue weighted by Gasteiger charge is -2.03. The fourth-order valence-electron chi connectivity index (χ4n) is 1.40. The molecule has 0 aromatic carbocycles. The number of carbonyl (C=O) groups excluding carboxylic acids is 1. The van der Waals surface area contributed by atoms with E-state index >= 15 is 0 Å². The smallest absolute Gasteiger partial charge is 0.342 e. The molecule has 1 heterocycles. The third-order valence-corrected chi connectivity index (χ3v) is 3.37. The van der Waals surface area contributed by atoms with Crippen LogP contribution in [0.4, 0.5) is 5.82 Å². The van der Waals surface area contributed by atoms with E-state index in [-0.39, 0.29) is 24.5 Å². The summed E-state index contributed by atoms with van der Waals surface area (Å²) in [6.07, 6.45) is 0.883. The number of carboxylic acid groups (broad SMARTS) is 1. The molecular weight excluding hydrogens is 270 g/mol. The summed E-state index contributed by atoms with van der Waals surface area (Å²) in [5, 5.41) is 13.5. The molecule has 0 aliphatic heterocycles. The third-order valence-electron chi connectivity index (χ3n) is 2.20. The van der Waals surface area contributed by atoms with Gasteiger partial charge in [-0.3, -0.25) is 4.79 Å². The van der Waals surface area contributed by atoms with Crippen molar-refractivity contribution in [1.29, 1.82) is 0 Å². The van der Waals surface area contributed by atoms with Crippen LogP contribution < -0.4 is 5.73 Å². The largest absolute Gasteiger partial charge is 0.477 e. The highest BCUT2D eigenvalue weighted by atomic mass is 32.2. The Morgan fingerprint density at radius 2 is 2.16 bits per heavy atom. The van der Waals surface area contributed by atoms with Crippen molar-refractivity contribution >= 4 is 29.5 Å². The molecule has 0 saturated heterocycles. The summed E-state index contributed by atoms with van der Waals surface area (Å²) in [6, 6.07) is 0. The van der Waals surface area contributed by atoms with Gasteiger partial charge in [0.15, 0.2) is 0 Å². The van der Waals surface area contributed by atoms with Gasteiger partial charge in [-0.05, 0) is 19.1 Å². The van der Waals surface area contributed by atoms with E-state index in [0.29, 0.717) is 5.03 Å². The number of esters is 1. The fraction of sp³-hybridized carbons (Fsp3) is 0.545. The Kier molecular flexibility index (Phi) is 5.68. The molecule has 0 aliphatic carbocycles. The number of hydrogen-bond donors (Lipinski definition) is 2. The van der Waals surface area contributed by atoms with Crippen LogP contribution in [-0.2, 0) is 16.1 Å². The first-order valence-electron chi connectivity index (χ1n) is 5.89. The summed E-state index contributed by atoms with van der Waals surface area (Å²) >= 11 is 1.31. The highest BCUT2D eigenvalue weighted by Gasteiger charge is 2.23. The molecule has 0 amide bonds. The van der Waals surface area contributed by atoms with Crippen LogP contribution in [0, 0.1) is 0 Å². The zero-order chi connectivity index (χ0) is 14.4. The monoisotopic (exact) mass is 287 g/mol. The van der Waals surface area contributed by atoms with Crippen molar-refractivity contribution < 1.29 is 19.4 Å². The number of thioether (sulfide) groups is 1. The van der Waals surface area contributed by atoms with Crippen molar-refractivity contribution in [3.05, 3.63) is 5.56 Å². The molecule has 0 spiro atoms. The Bertz CT molecular complexity index is 473. The van der Waals surface area contributed by atoms with Crippen molar-refractivity contribution in [2.24, 2.45) is 0 Å². The third kappa shape index (κ3) is 3.88. The van der Waals surface area contributed by atoms with Gasteiger partial charge in [0.2, 0.25) is 0 Å². The molecular formula is C11H17N3O4S.